The summed E-state index contributed by atoms with van der Waals surface area (Å²) in [6.45, 7) is 9.54. The van der Waals surface area contributed by atoms with Gasteiger partial charge in [-0.15, -0.1) is 11.3 Å². The zero-order chi connectivity index (χ0) is 19.8. The van der Waals surface area contributed by atoms with Crippen LogP contribution < -0.4 is 10.6 Å². The number of hydrogen-bond donors (Lipinski definition) is 2. The van der Waals surface area contributed by atoms with Crippen molar-refractivity contribution in [3.8, 4) is 0 Å². The maximum atomic E-state index is 4.50. The molecule has 0 saturated carbocycles. The van der Waals surface area contributed by atoms with Crippen LogP contribution in [0.4, 0.5) is 0 Å². The average Bonchev–Trinajstić information content (AvgIpc) is 3.12. The second-order valence-electron chi connectivity index (χ2n) is 7.74. The van der Waals surface area contributed by atoms with Crippen molar-refractivity contribution in [1.29, 1.82) is 0 Å². The van der Waals surface area contributed by atoms with Crippen LogP contribution >= 0.6 is 11.3 Å². The van der Waals surface area contributed by atoms with E-state index in [2.05, 4.69) is 62.1 Å². The Morgan fingerprint density at radius 2 is 1.89 bits per heavy atom. The minimum Gasteiger partial charge on any atom is -0.356 e. The molecule has 1 aliphatic rings. The monoisotopic (exact) mass is 399 g/mol. The Labute approximate surface area is 173 Å². The second kappa shape index (κ2) is 10.6. The highest BCUT2D eigenvalue weighted by Gasteiger charge is 2.15. The van der Waals surface area contributed by atoms with Crippen molar-refractivity contribution in [2.45, 2.75) is 46.2 Å². The van der Waals surface area contributed by atoms with E-state index in [1.165, 1.54) is 37.1 Å². The van der Waals surface area contributed by atoms with Gasteiger partial charge < -0.3 is 10.6 Å². The number of thiazole rings is 1. The molecule has 0 aliphatic carbocycles. The van der Waals surface area contributed by atoms with Gasteiger partial charge in [-0.3, -0.25) is 9.89 Å². The third kappa shape index (κ3) is 6.60. The molecule has 0 bridgehead atoms. The molecule has 0 unspecified atom stereocenters. The van der Waals surface area contributed by atoms with Crippen LogP contribution in [0.25, 0.3) is 0 Å². The molecule has 1 saturated heterocycles. The number of hydrogen-bond acceptors (Lipinski definition) is 4. The quantitative estimate of drug-likeness (QED) is 0.552. The summed E-state index contributed by atoms with van der Waals surface area (Å²) in [5.74, 6) is 1.72. The Balaban J connectivity index is 1.39. The first-order valence-electron chi connectivity index (χ1n) is 10.3. The van der Waals surface area contributed by atoms with Gasteiger partial charge in [0.05, 0.1) is 10.7 Å². The molecule has 3 rings (SSSR count). The molecule has 6 heteroatoms. The molecule has 5 nitrogen and oxygen atoms in total. The molecule has 0 amide bonds. The van der Waals surface area contributed by atoms with E-state index >= 15 is 0 Å². The number of benzene rings is 1. The third-order valence-electron chi connectivity index (χ3n) is 5.33. The molecule has 1 aromatic heterocycles. The van der Waals surface area contributed by atoms with E-state index < -0.39 is 0 Å². The maximum Gasteiger partial charge on any atom is 0.191 e. The van der Waals surface area contributed by atoms with Crippen LogP contribution in [-0.2, 0) is 19.5 Å². The van der Waals surface area contributed by atoms with Crippen molar-refractivity contribution in [3.63, 3.8) is 0 Å². The SMILES string of the molecule is CN=C(NCCc1csc(C)n1)NCc1ccc(CN2CCC(C)CC2)cc1. The fourth-order valence-corrected chi connectivity index (χ4v) is 4.13. The van der Waals surface area contributed by atoms with Crippen LogP contribution in [0.2, 0.25) is 0 Å². The molecule has 2 aromatic rings. The first-order valence-corrected chi connectivity index (χ1v) is 11.2. The van der Waals surface area contributed by atoms with E-state index in [9.17, 15) is 0 Å². The molecule has 152 valence electrons. The lowest BCUT2D eigenvalue weighted by Gasteiger charge is -2.30. The number of aliphatic imine (C=N–C) groups is 1. The van der Waals surface area contributed by atoms with Crippen molar-refractivity contribution in [2.24, 2.45) is 10.9 Å². The normalized spacial score (nSPS) is 16.3. The Kier molecular flexibility index (Phi) is 7.86. The lowest BCUT2D eigenvalue weighted by atomic mass is 9.99. The minimum absolute atomic E-state index is 0.775. The van der Waals surface area contributed by atoms with Gasteiger partial charge in [0.2, 0.25) is 0 Å². The Morgan fingerprint density at radius 1 is 1.18 bits per heavy atom. The molecule has 1 aromatic carbocycles. The third-order valence-corrected chi connectivity index (χ3v) is 6.15. The number of nitrogens with zero attached hydrogens (tertiary/aromatic N) is 3. The Morgan fingerprint density at radius 3 is 2.54 bits per heavy atom. The standard InChI is InChI=1S/C22H33N5S/c1-17-9-12-27(13-10-17)15-20-6-4-19(5-7-20)14-25-22(23-3)24-11-8-21-16-28-18(2)26-21/h4-7,16-17H,8-15H2,1-3H3,(H2,23,24,25). The fourth-order valence-electron chi connectivity index (χ4n) is 3.48. The molecule has 1 fully saturated rings. The summed E-state index contributed by atoms with van der Waals surface area (Å²) in [5.41, 5.74) is 3.82. The van der Waals surface area contributed by atoms with E-state index in [0.717, 1.165) is 48.6 Å². The van der Waals surface area contributed by atoms with Crippen molar-refractivity contribution >= 4 is 17.3 Å². The first-order chi connectivity index (χ1) is 13.6. The minimum atomic E-state index is 0.775. The zero-order valence-electron chi connectivity index (χ0n) is 17.4. The highest BCUT2D eigenvalue weighted by atomic mass is 32.1. The molecular formula is C22H33N5S. The maximum absolute atomic E-state index is 4.50. The van der Waals surface area contributed by atoms with Crippen molar-refractivity contribution < 1.29 is 0 Å². The van der Waals surface area contributed by atoms with E-state index in [4.69, 9.17) is 0 Å². The van der Waals surface area contributed by atoms with Crippen molar-refractivity contribution in [1.82, 2.24) is 20.5 Å². The van der Waals surface area contributed by atoms with Gasteiger partial charge in [-0.05, 0) is 49.9 Å². The second-order valence-corrected chi connectivity index (χ2v) is 8.80. The predicted octanol–water partition coefficient (Wildman–Crippen LogP) is 3.59. The number of nitrogens with one attached hydrogen (secondary N) is 2. The summed E-state index contributed by atoms with van der Waals surface area (Å²) in [6.07, 6.45) is 3.57. The number of likely N-dealkylation sites (tertiary alicyclic amines) is 1. The largest absolute Gasteiger partial charge is 0.356 e. The van der Waals surface area contributed by atoms with E-state index in [1.54, 1.807) is 11.3 Å². The fraction of sp³-hybridized carbons (Fsp3) is 0.545. The predicted molar refractivity (Wildman–Crippen MR) is 119 cm³/mol. The molecule has 0 atom stereocenters. The van der Waals surface area contributed by atoms with Crippen LogP contribution in [0.5, 0.6) is 0 Å². The number of rotatable bonds is 7. The van der Waals surface area contributed by atoms with Gasteiger partial charge in [0.25, 0.3) is 0 Å². The van der Waals surface area contributed by atoms with Gasteiger partial charge >= 0.3 is 0 Å². The molecule has 2 heterocycles. The van der Waals surface area contributed by atoms with Crippen molar-refractivity contribution in [2.75, 3.05) is 26.7 Å². The zero-order valence-corrected chi connectivity index (χ0v) is 18.2. The van der Waals surface area contributed by atoms with Crippen LogP contribution in [0, 0.1) is 12.8 Å². The Hall–Kier alpha value is -1.92. The highest BCUT2D eigenvalue weighted by molar-refractivity contribution is 7.09. The summed E-state index contributed by atoms with van der Waals surface area (Å²) in [4.78, 5) is 11.4. The van der Waals surface area contributed by atoms with Gasteiger partial charge in [-0.2, -0.15) is 0 Å². The highest BCUT2D eigenvalue weighted by Crippen LogP contribution is 2.18. The lowest BCUT2D eigenvalue weighted by Crippen LogP contribution is -2.37. The van der Waals surface area contributed by atoms with Gasteiger partial charge in [0.15, 0.2) is 5.96 Å². The Bertz CT molecular complexity index is 745. The van der Waals surface area contributed by atoms with Crippen LogP contribution in [0.1, 0.15) is 41.6 Å². The molecule has 28 heavy (non-hydrogen) atoms. The van der Waals surface area contributed by atoms with Gasteiger partial charge in [0, 0.05) is 38.5 Å². The van der Waals surface area contributed by atoms with Crippen LogP contribution in [0.3, 0.4) is 0 Å². The molecular weight excluding hydrogens is 366 g/mol. The summed E-state index contributed by atoms with van der Waals surface area (Å²) in [6, 6.07) is 8.96. The number of aryl methyl sites for hydroxylation is 1. The molecule has 1 aliphatic heterocycles. The van der Waals surface area contributed by atoms with E-state index in [1.807, 2.05) is 14.0 Å². The molecule has 0 radical (unpaired) electrons. The summed E-state index contributed by atoms with van der Waals surface area (Å²) in [5, 5.41) is 10.0. The molecule has 0 spiro atoms. The lowest BCUT2D eigenvalue weighted by molar-refractivity contribution is 0.185. The summed E-state index contributed by atoms with van der Waals surface area (Å²) >= 11 is 1.70. The summed E-state index contributed by atoms with van der Waals surface area (Å²) in [7, 11) is 1.81. The topological polar surface area (TPSA) is 52.6 Å². The van der Waals surface area contributed by atoms with Crippen LogP contribution in [-0.4, -0.2) is 42.5 Å². The number of guanidine groups is 1. The van der Waals surface area contributed by atoms with E-state index in [0.29, 0.717) is 0 Å². The van der Waals surface area contributed by atoms with Gasteiger partial charge in [-0.1, -0.05) is 31.2 Å². The van der Waals surface area contributed by atoms with Crippen molar-refractivity contribution in [3.05, 3.63) is 51.5 Å². The average molecular weight is 400 g/mol. The van der Waals surface area contributed by atoms with Crippen LogP contribution in [0.15, 0.2) is 34.6 Å². The number of piperidine rings is 1. The molecule has 2 N–H and O–H groups in total. The summed E-state index contributed by atoms with van der Waals surface area (Å²) < 4.78 is 0. The van der Waals surface area contributed by atoms with Gasteiger partial charge in [0.1, 0.15) is 0 Å². The first kappa shape index (κ1) is 20.8. The van der Waals surface area contributed by atoms with Gasteiger partial charge in [-0.25, -0.2) is 4.98 Å². The smallest absolute Gasteiger partial charge is 0.191 e. The van der Waals surface area contributed by atoms with E-state index in [-0.39, 0.29) is 0 Å². The number of aromatic nitrogens is 1.